The minimum Gasteiger partial charge on any atom is -0.493 e. The van der Waals surface area contributed by atoms with Crippen LogP contribution >= 0.6 is 0 Å². The largest absolute Gasteiger partial charge is 0.493 e. The zero-order valence-corrected chi connectivity index (χ0v) is 14.6. The van der Waals surface area contributed by atoms with E-state index in [9.17, 15) is 4.79 Å². The van der Waals surface area contributed by atoms with Crippen LogP contribution in [0.2, 0.25) is 0 Å². The van der Waals surface area contributed by atoms with E-state index in [0.29, 0.717) is 11.4 Å². The standard InChI is InChI=1S/C18H24N4O3/c1-14(12-21-8-10-25-11-9-21)19-18(23)17-16(24-2)13-22(20-17)15-6-4-3-5-7-15/h3-7,13-14H,8-12H2,1-2H3,(H,19,23)/t14-/m1/s1. The number of benzene rings is 1. The van der Waals surface area contributed by atoms with Crippen molar-refractivity contribution >= 4 is 5.91 Å². The van der Waals surface area contributed by atoms with Gasteiger partial charge in [0.1, 0.15) is 0 Å². The molecule has 0 saturated carbocycles. The van der Waals surface area contributed by atoms with Crippen molar-refractivity contribution < 1.29 is 14.3 Å². The van der Waals surface area contributed by atoms with Crippen molar-refractivity contribution in [2.24, 2.45) is 0 Å². The number of amides is 1. The van der Waals surface area contributed by atoms with Crippen LogP contribution in [0.25, 0.3) is 5.69 Å². The smallest absolute Gasteiger partial charge is 0.275 e. The molecule has 1 saturated heterocycles. The molecule has 134 valence electrons. The highest BCUT2D eigenvalue weighted by molar-refractivity contribution is 5.95. The van der Waals surface area contributed by atoms with Crippen molar-refractivity contribution in [2.45, 2.75) is 13.0 Å². The van der Waals surface area contributed by atoms with Gasteiger partial charge in [0.2, 0.25) is 0 Å². The lowest BCUT2D eigenvalue weighted by Crippen LogP contribution is -2.46. The first-order chi connectivity index (χ1) is 12.2. The summed E-state index contributed by atoms with van der Waals surface area (Å²) in [5, 5.41) is 7.40. The summed E-state index contributed by atoms with van der Waals surface area (Å²) in [5.74, 6) is 0.229. The third kappa shape index (κ3) is 4.37. The van der Waals surface area contributed by atoms with Crippen LogP contribution in [0, 0.1) is 0 Å². The normalized spacial score (nSPS) is 16.4. The minimum absolute atomic E-state index is 0.0113. The van der Waals surface area contributed by atoms with Gasteiger partial charge in [-0.1, -0.05) is 18.2 Å². The highest BCUT2D eigenvalue weighted by Gasteiger charge is 2.21. The molecule has 0 radical (unpaired) electrons. The van der Waals surface area contributed by atoms with Crippen molar-refractivity contribution in [3.05, 3.63) is 42.2 Å². The number of hydrogen-bond donors (Lipinski definition) is 1. The van der Waals surface area contributed by atoms with Crippen LogP contribution in [0.1, 0.15) is 17.4 Å². The first-order valence-electron chi connectivity index (χ1n) is 8.47. The van der Waals surface area contributed by atoms with E-state index in [4.69, 9.17) is 9.47 Å². The molecule has 0 unspecified atom stereocenters. The number of hydrogen-bond acceptors (Lipinski definition) is 5. The molecule has 7 nitrogen and oxygen atoms in total. The molecule has 3 rings (SSSR count). The van der Waals surface area contributed by atoms with E-state index >= 15 is 0 Å². The summed E-state index contributed by atoms with van der Waals surface area (Å²) >= 11 is 0. The van der Waals surface area contributed by atoms with Gasteiger partial charge in [0.05, 0.1) is 32.2 Å². The van der Waals surface area contributed by atoms with Crippen LogP contribution in [0.15, 0.2) is 36.5 Å². The lowest BCUT2D eigenvalue weighted by atomic mass is 10.2. The predicted molar refractivity (Wildman–Crippen MR) is 94.3 cm³/mol. The Hall–Kier alpha value is -2.38. The number of nitrogens with one attached hydrogen (secondary N) is 1. The fourth-order valence-corrected chi connectivity index (χ4v) is 2.89. The Kier molecular flexibility index (Phi) is 5.67. The Morgan fingerprint density at radius 1 is 1.32 bits per heavy atom. The van der Waals surface area contributed by atoms with Gasteiger partial charge in [0, 0.05) is 25.7 Å². The van der Waals surface area contributed by atoms with Gasteiger partial charge in [-0.25, -0.2) is 4.68 Å². The lowest BCUT2D eigenvalue weighted by molar-refractivity contribution is 0.0342. The summed E-state index contributed by atoms with van der Waals surface area (Å²) < 4.78 is 12.3. The molecule has 1 fully saturated rings. The summed E-state index contributed by atoms with van der Waals surface area (Å²) in [5.41, 5.74) is 1.17. The Morgan fingerprint density at radius 2 is 2.04 bits per heavy atom. The van der Waals surface area contributed by atoms with E-state index in [1.165, 1.54) is 0 Å². The number of carbonyl (C=O) groups is 1. The third-order valence-corrected chi connectivity index (χ3v) is 4.15. The molecule has 0 aliphatic carbocycles. The van der Waals surface area contributed by atoms with E-state index in [1.807, 2.05) is 37.3 Å². The maximum atomic E-state index is 12.6. The van der Waals surface area contributed by atoms with Crippen LogP contribution < -0.4 is 10.1 Å². The molecule has 0 spiro atoms. The molecular formula is C18H24N4O3. The first-order valence-corrected chi connectivity index (χ1v) is 8.47. The number of ether oxygens (including phenoxy) is 2. The van der Waals surface area contributed by atoms with Gasteiger partial charge >= 0.3 is 0 Å². The van der Waals surface area contributed by atoms with Crippen LogP contribution in [-0.2, 0) is 4.74 Å². The molecule has 1 aliphatic heterocycles. The minimum atomic E-state index is -0.229. The second-order valence-corrected chi connectivity index (χ2v) is 6.11. The van der Waals surface area contributed by atoms with Crippen molar-refractivity contribution in [2.75, 3.05) is 40.0 Å². The lowest BCUT2D eigenvalue weighted by Gasteiger charge is -2.29. The van der Waals surface area contributed by atoms with E-state index < -0.39 is 0 Å². The van der Waals surface area contributed by atoms with E-state index in [2.05, 4.69) is 15.3 Å². The van der Waals surface area contributed by atoms with Crippen LogP contribution in [0.5, 0.6) is 5.75 Å². The van der Waals surface area contributed by atoms with Gasteiger partial charge in [-0.15, -0.1) is 0 Å². The molecule has 0 bridgehead atoms. The van der Waals surface area contributed by atoms with Crippen LogP contribution in [0.4, 0.5) is 0 Å². The van der Waals surface area contributed by atoms with E-state index in [-0.39, 0.29) is 11.9 Å². The molecule has 1 aliphatic rings. The molecule has 7 heteroatoms. The highest BCUT2D eigenvalue weighted by atomic mass is 16.5. The topological polar surface area (TPSA) is 68.6 Å². The van der Waals surface area contributed by atoms with Gasteiger partial charge in [-0.2, -0.15) is 5.10 Å². The molecular weight excluding hydrogens is 320 g/mol. The maximum Gasteiger partial charge on any atom is 0.275 e. The van der Waals surface area contributed by atoms with E-state index in [1.54, 1.807) is 18.0 Å². The number of para-hydroxylation sites is 1. The molecule has 1 amide bonds. The zero-order chi connectivity index (χ0) is 17.6. The van der Waals surface area contributed by atoms with Crippen LogP contribution in [-0.4, -0.2) is 66.6 Å². The number of aromatic nitrogens is 2. The van der Waals surface area contributed by atoms with Crippen molar-refractivity contribution in [1.82, 2.24) is 20.0 Å². The van der Waals surface area contributed by atoms with E-state index in [0.717, 1.165) is 38.5 Å². The summed E-state index contributed by atoms with van der Waals surface area (Å²) in [7, 11) is 1.54. The zero-order valence-electron chi connectivity index (χ0n) is 14.6. The Morgan fingerprint density at radius 3 is 2.72 bits per heavy atom. The highest BCUT2D eigenvalue weighted by Crippen LogP contribution is 2.19. The average molecular weight is 344 g/mol. The monoisotopic (exact) mass is 344 g/mol. The molecule has 1 N–H and O–H groups in total. The fraction of sp³-hybridized carbons (Fsp3) is 0.444. The Bertz CT molecular complexity index is 696. The van der Waals surface area contributed by atoms with Gasteiger partial charge in [0.15, 0.2) is 11.4 Å². The first kappa shape index (κ1) is 17.4. The van der Waals surface area contributed by atoms with Gasteiger partial charge < -0.3 is 14.8 Å². The second-order valence-electron chi connectivity index (χ2n) is 6.11. The molecule has 2 heterocycles. The molecule has 1 aromatic carbocycles. The van der Waals surface area contributed by atoms with Gasteiger partial charge in [-0.05, 0) is 19.1 Å². The SMILES string of the molecule is COc1cn(-c2ccccc2)nc1C(=O)N[C@H](C)CN1CCOCC1. The summed E-state index contributed by atoms with van der Waals surface area (Å²) in [6.45, 7) is 6.06. The average Bonchev–Trinajstić information content (AvgIpc) is 3.08. The molecule has 1 atom stereocenters. The van der Waals surface area contributed by atoms with Gasteiger partial charge in [0.25, 0.3) is 5.91 Å². The molecule has 1 aromatic heterocycles. The van der Waals surface area contributed by atoms with Crippen molar-refractivity contribution in [3.63, 3.8) is 0 Å². The van der Waals surface area contributed by atoms with Crippen molar-refractivity contribution in [3.8, 4) is 11.4 Å². The number of rotatable bonds is 6. The summed E-state index contributed by atoms with van der Waals surface area (Å²) in [4.78, 5) is 14.9. The summed E-state index contributed by atoms with van der Waals surface area (Å²) in [6, 6.07) is 9.65. The summed E-state index contributed by atoms with van der Waals surface area (Å²) in [6.07, 6.45) is 1.72. The maximum absolute atomic E-state index is 12.6. The number of methoxy groups -OCH3 is 1. The van der Waals surface area contributed by atoms with Gasteiger partial charge in [-0.3, -0.25) is 9.69 Å². The quantitative estimate of drug-likeness (QED) is 0.856. The second kappa shape index (κ2) is 8.13. The van der Waals surface area contributed by atoms with Crippen LogP contribution in [0.3, 0.4) is 0 Å². The Balaban J connectivity index is 1.67. The number of nitrogens with zero attached hydrogens (tertiary/aromatic N) is 3. The number of morpholine rings is 1. The molecule has 2 aromatic rings. The fourth-order valence-electron chi connectivity index (χ4n) is 2.89. The Labute approximate surface area is 147 Å². The molecule has 25 heavy (non-hydrogen) atoms. The van der Waals surface area contributed by atoms with Crippen molar-refractivity contribution in [1.29, 1.82) is 0 Å². The predicted octanol–water partition coefficient (Wildman–Crippen LogP) is 1.33. The third-order valence-electron chi connectivity index (χ3n) is 4.15. The number of carbonyl (C=O) groups excluding carboxylic acids is 1.